The van der Waals surface area contributed by atoms with Crippen molar-refractivity contribution in [3.63, 3.8) is 0 Å². The molecule has 0 spiro atoms. The predicted octanol–water partition coefficient (Wildman–Crippen LogP) is 2.89. The van der Waals surface area contributed by atoms with Crippen LogP contribution >= 0.6 is 22.9 Å². The Morgan fingerprint density at radius 1 is 1.44 bits per heavy atom. The van der Waals surface area contributed by atoms with E-state index in [9.17, 15) is 5.11 Å². The fraction of sp³-hybridized carbons (Fsp3) is 0.182. The lowest BCUT2D eigenvalue weighted by atomic mass is 10.1. The first-order valence-corrected chi connectivity index (χ1v) is 5.87. The van der Waals surface area contributed by atoms with Gasteiger partial charge in [0.2, 0.25) is 0 Å². The summed E-state index contributed by atoms with van der Waals surface area (Å²) in [5.41, 5.74) is 0.692. The first kappa shape index (κ1) is 11.4. The lowest BCUT2D eigenvalue weighted by Gasteiger charge is -2.09. The summed E-state index contributed by atoms with van der Waals surface area (Å²) in [6.45, 7) is 0. The highest BCUT2D eigenvalue weighted by atomic mass is 35.5. The van der Waals surface area contributed by atoms with E-state index in [-0.39, 0.29) is 0 Å². The van der Waals surface area contributed by atoms with E-state index in [1.165, 1.54) is 11.3 Å². The summed E-state index contributed by atoms with van der Waals surface area (Å²) in [7, 11) is 1.56. The van der Waals surface area contributed by atoms with Crippen LogP contribution in [0.4, 0.5) is 0 Å². The van der Waals surface area contributed by atoms with E-state index in [2.05, 4.69) is 4.98 Å². The van der Waals surface area contributed by atoms with Gasteiger partial charge >= 0.3 is 0 Å². The average Bonchev–Trinajstić information content (AvgIpc) is 2.75. The van der Waals surface area contributed by atoms with Gasteiger partial charge in [0.05, 0.1) is 18.3 Å². The van der Waals surface area contributed by atoms with E-state index in [0.29, 0.717) is 16.3 Å². The zero-order chi connectivity index (χ0) is 11.5. The quantitative estimate of drug-likeness (QED) is 0.917. The summed E-state index contributed by atoms with van der Waals surface area (Å²) in [5, 5.41) is 12.5. The zero-order valence-electron chi connectivity index (χ0n) is 8.55. The second-order valence-electron chi connectivity index (χ2n) is 3.23. The number of aliphatic hydroxyl groups excluding tert-OH is 1. The first-order chi connectivity index (χ1) is 7.70. The van der Waals surface area contributed by atoms with Gasteiger partial charge in [-0.3, -0.25) is 4.98 Å². The van der Waals surface area contributed by atoms with Crippen molar-refractivity contribution in [2.45, 2.75) is 6.10 Å². The Hall–Kier alpha value is -1.10. The number of nitrogens with zero attached hydrogens (tertiary/aromatic N) is 1. The Balaban J connectivity index is 2.29. The molecule has 5 heteroatoms. The van der Waals surface area contributed by atoms with Gasteiger partial charge in [-0.15, -0.1) is 11.3 Å². The van der Waals surface area contributed by atoms with Crippen LogP contribution < -0.4 is 4.74 Å². The van der Waals surface area contributed by atoms with Crippen molar-refractivity contribution in [2.75, 3.05) is 7.11 Å². The minimum absolute atomic E-state index is 0.624. The summed E-state index contributed by atoms with van der Waals surface area (Å²) < 4.78 is 5.05. The van der Waals surface area contributed by atoms with Crippen LogP contribution in [0.25, 0.3) is 0 Å². The molecule has 2 aromatic heterocycles. The monoisotopic (exact) mass is 255 g/mol. The molecule has 0 saturated carbocycles. The van der Waals surface area contributed by atoms with E-state index in [0.717, 1.165) is 4.88 Å². The molecule has 1 unspecified atom stereocenters. The topological polar surface area (TPSA) is 42.4 Å². The maximum absolute atomic E-state index is 10.1. The van der Waals surface area contributed by atoms with Gasteiger partial charge in [0.25, 0.3) is 0 Å². The predicted molar refractivity (Wildman–Crippen MR) is 64.2 cm³/mol. The largest absolute Gasteiger partial charge is 0.495 e. The SMILES string of the molecule is COc1cncc(C(O)c2cc(Cl)cs2)c1. The molecule has 0 aromatic carbocycles. The van der Waals surface area contributed by atoms with Crippen LogP contribution in [0.15, 0.2) is 29.9 Å². The molecule has 84 valence electrons. The van der Waals surface area contributed by atoms with Crippen LogP contribution in [-0.4, -0.2) is 17.2 Å². The third-order valence-corrected chi connectivity index (χ3v) is 3.48. The van der Waals surface area contributed by atoms with Crippen LogP contribution in [-0.2, 0) is 0 Å². The van der Waals surface area contributed by atoms with Gasteiger partial charge in [-0.1, -0.05) is 11.6 Å². The zero-order valence-corrected chi connectivity index (χ0v) is 10.1. The van der Waals surface area contributed by atoms with Gasteiger partial charge in [-0.2, -0.15) is 0 Å². The van der Waals surface area contributed by atoms with E-state index in [1.54, 1.807) is 37.0 Å². The Labute approximate surface area is 102 Å². The highest BCUT2D eigenvalue weighted by Gasteiger charge is 2.13. The molecule has 3 nitrogen and oxygen atoms in total. The van der Waals surface area contributed by atoms with E-state index in [4.69, 9.17) is 16.3 Å². The average molecular weight is 256 g/mol. The van der Waals surface area contributed by atoms with Crippen molar-refractivity contribution in [3.05, 3.63) is 45.4 Å². The lowest BCUT2D eigenvalue weighted by Crippen LogP contribution is -1.98. The summed E-state index contributed by atoms with van der Waals surface area (Å²) in [6.07, 6.45) is 2.50. The second kappa shape index (κ2) is 4.82. The van der Waals surface area contributed by atoms with Crippen molar-refractivity contribution in [2.24, 2.45) is 0 Å². The molecular formula is C11H10ClNO2S. The van der Waals surface area contributed by atoms with Gasteiger partial charge < -0.3 is 9.84 Å². The molecule has 0 aliphatic heterocycles. The first-order valence-electron chi connectivity index (χ1n) is 4.61. The summed E-state index contributed by atoms with van der Waals surface area (Å²) >= 11 is 7.22. The minimum atomic E-state index is -0.708. The number of rotatable bonds is 3. The third-order valence-electron chi connectivity index (χ3n) is 2.14. The molecule has 0 bridgehead atoms. The third kappa shape index (κ3) is 2.35. The van der Waals surface area contributed by atoms with E-state index >= 15 is 0 Å². The van der Waals surface area contributed by atoms with Gasteiger partial charge in [-0.25, -0.2) is 0 Å². The lowest BCUT2D eigenvalue weighted by molar-refractivity contribution is 0.223. The van der Waals surface area contributed by atoms with Crippen LogP contribution in [0.2, 0.25) is 5.02 Å². The van der Waals surface area contributed by atoms with Crippen molar-refractivity contribution >= 4 is 22.9 Å². The summed E-state index contributed by atoms with van der Waals surface area (Å²) in [6, 6.07) is 3.50. The summed E-state index contributed by atoms with van der Waals surface area (Å²) in [4.78, 5) is 4.79. The number of methoxy groups -OCH3 is 1. The van der Waals surface area contributed by atoms with Crippen LogP contribution in [0, 0.1) is 0 Å². The Morgan fingerprint density at radius 2 is 2.25 bits per heavy atom. The van der Waals surface area contributed by atoms with Crippen LogP contribution in [0.5, 0.6) is 5.75 Å². The van der Waals surface area contributed by atoms with Gasteiger partial charge in [0.15, 0.2) is 0 Å². The molecule has 16 heavy (non-hydrogen) atoms. The van der Waals surface area contributed by atoms with Gasteiger partial charge in [-0.05, 0) is 12.1 Å². The van der Waals surface area contributed by atoms with Crippen molar-refractivity contribution in [1.29, 1.82) is 0 Å². The molecule has 2 heterocycles. The number of aliphatic hydroxyl groups is 1. The molecule has 0 aliphatic rings. The molecule has 1 atom stereocenters. The highest BCUT2D eigenvalue weighted by molar-refractivity contribution is 7.10. The Kier molecular flexibility index (Phi) is 3.43. The Morgan fingerprint density at radius 3 is 2.88 bits per heavy atom. The van der Waals surface area contributed by atoms with Crippen molar-refractivity contribution < 1.29 is 9.84 Å². The minimum Gasteiger partial charge on any atom is -0.495 e. The Bertz CT molecular complexity index is 486. The van der Waals surface area contributed by atoms with Crippen molar-refractivity contribution in [1.82, 2.24) is 4.98 Å². The molecule has 2 aromatic rings. The van der Waals surface area contributed by atoms with Crippen molar-refractivity contribution in [3.8, 4) is 5.75 Å². The molecule has 2 rings (SSSR count). The maximum atomic E-state index is 10.1. The van der Waals surface area contributed by atoms with Crippen LogP contribution in [0.1, 0.15) is 16.5 Å². The number of ether oxygens (including phenoxy) is 1. The number of aromatic nitrogens is 1. The van der Waals surface area contributed by atoms with Gasteiger partial charge in [0, 0.05) is 22.0 Å². The van der Waals surface area contributed by atoms with E-state index < -0.39 is 6.10 Å². The molecule has 0 radical (unpaired) electrons. The maximum Gasteiger partial charge on any atom is 0.137 e. The fourth-order valence-corrected chi connectivity index (χ4v) is 2.43. The number of halogens is 1. The molecule has 0 amide bonds. The number of hydrogen-bond donors (Lipinski definition) is 1. The van der Waals surface area contributed by atoms with Crippen LogP contribution in [0.3, 0.4) is 0 Å². The number of pyridine rings is 1. The second-order valence-corrected chi connectivity index (χ2v) is 4.61. The molecule has 0 saturated heterocycles. The van der Waals surface area contributed by atoms with E-state index in [1.807, 2.05) is 0 Å². The molecule has 1 N–H and O–H groups in total. The molecular weight excluding hydrogens is 246 g/mol. The van der Waals surface area contributed by atoms with Gasteiger partial charge in [0.1, 0.15) is 11.9 Å². The number of thiophene rings is 1. The standard InChI is InChI=1S/C11H10ClNO2S/c1-15-9-2-7(4-13-5-9)11(14)10-3-8(12)6-16-10/h2-6,11,14H,1H3. The molecule has 0 aliphatic carbocycles. The highest BCUT2D eigenvalue weighted by Crippen LogP contribution is 2.30. The smallest absolute Gasteiger partial charge is 0.137 e. The normalized spacial score (nSPS) is 12.4. The number of hydrogen-bond acceptors (Lipinski definition) is 4. The molecule has 0 fully saturated rings. The fourth-order valence-electron chi connectivity index (χ4n) is 1.33. The summed E-state index contributed by atoms with van der Waals surface area (Å²) in [5.74, 6) is 0.624.